The number of likely N-dealkylation sites (N-methyl/N-ethyl adjacent to an activating group) is 1. The maximum absolute atomic E-state index is 2.53. The molecule has 0 unspecified atom stereocenters. The molecule has 1 heterocycles. The van der Waals surface area contributed by atoms with Crippen LogP contribution in [0.3, 0.4) is 0 Å². The van der Waals surface area contributed by atoms with E-state index in [0.717, 1.165) is 19.4 Å². The van der Waals surface area contributed by atoms with Crippen LogP contribution in [0.5, 0.6) is 0 Å². The summed E-state index contributed by atoms with van der Waals surface area (Å²) in [5.41, 5.74) is 15.8. The van der Waals surface area contributed by atoms with Crippen LogP contribution >= 0.6 is 0 Å². The summed E-state index contributed by atoms with van der Waals surface area (Å²) >= 11 is 0. The van der Waals surface area contributed by atoms with Crippen LogP contribution in [0.15, 0.2) is 186 Å². The molecule has 0 saturated carbocycles. The van der Waals surface area contributed by atoms with Crippen molar-refractivity contribution >= 4 is 44.2 Å². The Morgan fingerprint density at radius 3 is 1.82 bits per heavy atom. The molecule has 0 saturated heterocycles. The van der Waals surface area contributed by atoms with E-state index in [1.54, 1.807) is 0 Å². The Morgan fingerprint density at radius 1 is 0.600 bits per heavy atom. The lowest BCUT2D eigenvalue weighted by Crippen LogP contribution is -2.26. The summed E-state index contributed by atoms with van der Waals surface area (Å²) in [4.78, 5) is 5.02. The van der Waals surface area contributed by atoms with Gasteiger partial charge in [0, 0.05) is 40.1 Å². The lowest BCUT2D eigenvalue weighted by Gasteiger charge is -2.29. The molecule has 0 atom stereocenters. The fourth-order valence-electron chi connectivity index (χ4n) is 9.96. The minimum absolute atomic E-state index is 0.116. The lowest BCUT2D eigenvalue weighted by atomic mass is 9.78. The molecule has 272 valence electrons. The molecule has 0 N–H and O–H groups in total. The molecule has 6 aromatic carbocycles. The molecule has 2 aliphatic carbocycles. The van der Waals surface area contributed by atoms with Gasteiger partial charge in [-0.1, -0.05) is 149 Å². The average molecular weight is 715 g/mol. The predicted octanol–water partition coefficient (Wildman–Crippen LogP) is 14.1. The van der Waals surface area contributed by atoms with E-state index >= 15 is 0 Å². The summed E-state index contributed by atoms with van der Waals surface area (Å²) in [6.45, 7) is 15.1. The zero-order chi connectivity index (χ0) is 37.9. The fraction of sp³-hybridized carbons (Fsp3) is 0.208. The van der Waals surface area contributed by atoms with Gasteiger partial charge in [-0.05, 0) is 124 Å². The second-order valence-corrected chi connectivity index (χ2v) is 16.4. The summed E-state index contributed by atoms with van der Waals surface area (Å²) in [6.07, 6.45) is 11.7. The second kappa shape index (κ2) is 13.5. The number of anilines is 3. The van der Waals surface area contributed by atoms with E-state index in [9.17, 15) is 0 Å². The number of nitrogens with zero attached hydrogens (tertiary/aromatic N) is 2. The summed E-state index contributed by atoms with van der Waals surface area (Å²) in [5.74, 6) is 0. The molecular formula is C53H50N2. The highest BCUT2D eigenvalue weighted by molar-refractivity contribution is 5.97. The summed E-state index contributed by atoms with van der Waals surface area (Å²) in [5, 5.41) is 5.32. The molecule has 6 aromatic rings. The maximum atomic E-state index is 2.53. The topological polar surface area (TPSA) is 6.48 Å². The van der Waals surface area contributed by atoms with E-state index < -0.39 is 0 Å². The molecule has 55 heavy (non-hydrogen) atoms. The van der Waals surface area contributed by atoms with Crippen LogP contribution in [-0.4, -0.2) is 6.54 Å². The molecule has 9 rings (SSSR count). The second-order valence-electron chi connectivity index (χ2n) is 16.4. The van der Waals surface area contributed by atoms with Crippen molar-refractivity contribution in [1.82, 2.24) is 0 Å². The van der Waals surface area contributed by atoms with E-state index in [-0.39, 0.29) is 10.8 Å². The molecule has 0 aromatic heterocycles. The van der Waals surface area contributed by atoms with Crippen molar-refractivity contribution in [3.63, 3.8) is 0 Å². The first-order chi connectivity index (χ1) is 26.7. The van der Waals surface area contributed by atoms with Gasteiger partial charge in [-0.2, -0.15) is 0 Å². The zero-order valence-corrected chi connectivity index (χ0v) is 33.0. The van der Waals surface area contributed by atoms with Crippen LogP contribution in [0, 0.1) is 0 Å². The minimum atomic E-state index is -0.149. The number of para-hydroxylation sites is 2. The van der Waals surface area contributed by atoms with E-state index in [2.05, 4.69) is 209 Å². The molecular weight excluding hydrogens is 665 g/mol. The van der Waals surface area contributed by atoms with Crippen molar-refractivity contribution in [1.29, 1.82) is 0 Å². The van der Waals surface area contributed by atoms with Crippen LogP contribution in [-0.2, 0) is 10.8 Å². The van der Waals surface area contributed by atoms with Crippen LogP contribution in [0.1, 0.15) is 71.1 Å². The highest BCUT2D eigenvalue weighted by Gasteiger charge is 2.41. The lowest BCUT2D eigenvalue weighted by molar-refractivity contribution is 0.638. The van der Waals surface area contributed by atoms with E-state index in [1.807, 2.05) is 0 Å². The quantitative estimate of drug-likeness (QED) is 0.162. The van der Waals surface area contributed by atoms with Gasteiger partial charge in [0.05, 0.1) is 5.70 Å². The molecule has 1 aliphatic heterocycles. The van der Waals surface area contributed by atoms with Gasteiger partial charge in [0.1, 0.15) is 0 Å². The Hall–Kier alpha value is -5.86. The zero-order valence-electron chi connectivity index (χ0n) is 33.0. The fourth-order valence-corrected chi connectivity index (χ4v) is 9.96. The van der Waals surface area contributed by atoms with Crippen molar-refractivity contribution in [3.8, 4) is 0 Å². The van der Waals surface area contributed by atoms with Gasteiger partial charge in [0.2, 0.25) is 0 Å². The Kier molecular flexibility index (Phi) is 8.54. The van der Waals surface area contributed by atoms with Gasteiger partial charge < -0.3 is 9.80 Å². The molecule has 2 heteroatoms. The Morgan fingerprint density at radius 2 is 1.18 bits per heavy atom. The maximum Gasteiger partial charge on any atom is 0.0525 e. The first-order valence-electron chi connectivity index (χ1n) is 20.0. The third kappa shape index (κ3) is 5.61. The SMILES string of the molecule is CCN1/C(=C\C=C2CCC(/C=C/C3=C(C)c4ccc5ccccc5c4C3(C)C)=C2N(c2ccccc2)c2ccccc2)C(C)(C)c2c1ccc1ccccc21. The third-order valence-corrected chi connectivity index (χ3v) is 12.5. The number of rotatable bonds is 7. The van der Waals surface area contributed by atoms with Crippen molar-refractivity contribution in [2.75, 3.05) is 16.3 Å². The van der Waals surface area contributed by atoms with Gasteiger partial charge in [-0.3, -0.25) is 0 Å². The number of allylic oxidation sites excluding steroid dienone is 9. The number of fused-ring (bicyclic) bond motifs is 6. The third-order valence-electron chi connectivity index (χ3n) is 12.5. The molecule has 0 spiro atoms. The van der Waals surface area contributed by atoms with Crippen LogP contribution in [0.25, 0.3) is 27.1 Å². The number of hydrogen-bond donors (Lipinski definition) is 0. The Balaban J connectivity index is 1.20. The number of hydrogen-bond acceptors (Lipinski definition) is 2. The molecule has 0 fully saturated rings. The van der Waals surface area contributed by atoms with E-state index in [1.165, 1.54) is 89.0 Å². The Labute approximate surface area is 327 Å². The normalized spacial score (nSPS) is 18.8. The first kappa shape index (κ1) is 34.9. The smallest absolute Gasteiger partial charge is 0.0525 e. The molecule has 0 bridgehead atoms. The summed E-state index contributed by atoms with van der Waals surface area (Å²) in [6, 6.07) is 48.7. The van der Waals surface area contributed by atoms with Crippen molar-refractivity contribution < 1.29 is 0 Å². The average Bonchev–Trinajstić information content (AvgIpc) is 3.77. The monoisotopic (exact) mass is 714 g/mol. The molecule has 3 aliphatic rings. The van der Waals surface area contributed by atoms with Crippen molar-refractivity contribution in [3.05, 3.63) is 203 Å². The van der Waals surface area contributed by atoms with Crippen LogP contribution in [0.2, 0.25) is 0 Å². The van der Waals surface area contributed by atoms with Gasteiger partial charge in [0.15, 0.2) is 0 Å². The molecule has 2 nitrogen and oxygen atoms in total. The summed E-state index contributed by atoms with van der Waals surface area (Å²) in [7, 11) is 0. The van der Waals surface area contributed by atoms with Crippen LogP contribution in [0.4, 0.5) is 17.1 Å². The number of benzene rings is 6. The van der Waals surface area contributed by atoms with Crippen molar-refractivity contribution in [2.24, 2.45) is 0 Å². The van der Waals surface area contributed by atoms with Gasteiger partial charge in [-0.15, -0.1) is 0 Å². The molecule has 0 amide bonds. The minimum Gasteiger partial charge on any atom is -0.344 e. The first-order valence-corrected chi connectivity index (χ1v) is 20.0. The summed E-state index contributed by atoms with van der Waals surface area (Å²) < 4.78 is 0. The highest BCUT2D eigenvalue weighted by Crippen LogP contribution is 2.52. The standard InChI is InChI=1S/C53H50N2/c1-7-54-47-34-30-38-19-15-17-25-45(38)50(47)53(5,6)48(54)35-31-40-27-26-39(51(40)55(41-20-10-8-11-21-41)42-22-12-9-13-23-42)29-33-46-36(2)43-32-28-37-18-14-16-24-44(37)49(43)52(46,3)4/h8-25,28-35H,7,26-27H2,1-6H3/b33-29+,40-31?,48-35-. The largest absolute Gasteiger partial charge is 0.344 e. The van der Waals surface area contributed by atoms with Gasteiger partial charge >= 0.3 is 0 Å². The Bertz CT molecular complexity index is 2590. The van der Waals surface area contributed by atoms with E-state index in [0.29, 0.717) is 0 Å². The van der Waals surface area contributed by atoms with Crippen molar-refractivity contribution in [2.45, 2.75) is 65.2 Å². The van der Waals surface area contributed by atoms with Gasteiger partial charge in [-0.25, -0.2) is 0 Å². The van der Waals surface area contributed by atoms with Gasteiger partial charge in [0.25, 0.3) is 0 Å². The van der Waals surface area contributed by atoms with Crippen LogP contribution < -0.4 is 9.80 Å². The van der Waals surface area contributed by atoms with E-state index in [4.69, 9.17) is 0 Å². The predicted molar refractivity (Wildman–Crippen MR) is 236 cm³/mol. The molecule has 0 radical (unpaired) electrons. The highest BCUT2D eigenvalue weighted by atomic mass is 15.2.